The van der Waals surface area contributed by atoms with E-state index in [0.717, 1.165) is 17.8 Å². The molecule has 0 aliphatic carbocycles. The second-order valence-corrected chi connectivity index (χ2v) is 3.31. The van der Waals surface area contributed by atoms with Crippen molar-refractivity contribution in [3.05, 3.63) is 36.5 Å². The van der Waals surface area contributed by atoms with Gasteiger partial charge in [-0.1, -0.05) is 30.9 Å². The highest BCUT2D eigenvalue weighted by molar-refractivity contribution is 5.23. The molecule has 1 heterocycles. The summed E-state index contributed by atoms with van der Waals surface area (Å²) in [5.74, 6) is 0. The van der Waals surface area contributed by atoms with E-state index < -0.39 is 0 Å². The molecule has 1 unspecified atom stereocenters. The zero-order valence-electron chi connectivity index (χ0n) is 8.08. The van der Waals surface area contributed by atoms with Gasteiger partial charge in [0.2, 0.25) is 0 Å². The number of rotatable bonds is 6. The van der Waals surface area contributed by atoms with Crippen LogP contribution in [0.1, 0.15) is 6.92 Å². The molecular weight excluding hydrogens is 164 g/mol. The van der Waals surface area contributed by atoms with E-state index in [0.29, 0.717) is 19.3 Å². The summed E-state index contributed by atoms with van der Waals surface area (Å²) in [4.78, 5) is 0. The van der Waals surface area contributed by atoms with Crippen molar-refractivity contribution in [3.8, 4) is 0 Å². The summed E-state index contributed by atoms with van der Waals surface area (Å²) in [7, 11) is 0. The van der Waals surface area contributed by atoms with Crippen LogP contribution < -0.4 is 0 Å². The fraction of sp³-hybridized carbons (Fsp3) is 0.455. The third-order valence-corrected chi connectivity index (χ3v) is 1.60. The van der Waals surface area contributed by atoms with E-state index in [-0.39, 0.29) is 0 Å². The summed E-state index contributed by atoms with van der Waals surface area (Å²) >= 11 is 0. The van der Waals surface area contributed by atoms with Gasteiger partial charge in [0.25, 0.3) is 0 Å². The van der Waals surface area contributed by atoms with Crippen LogP contribution in [0, 0.1) is 0 Å². The number of allylic oxidation sites excluding steroid dienone is 2. The van der Waals surface area contributed by atoms with Crippen LogP contribution in [0.15, 0.2) is 36.5 Å². The third kappa shape index (κ3) is 5.39. The van der Waals surface area contributed by atoms with Crippen molar-refractivity contribution in [2.24, 2.45) is 0 Å². The molecule has 0 aromatic rings. The number of hydrogen-bond donors (Lipinski definition) is 0. The molecule has 2 nitrogen and oxygen atoms in total. The van der Waals surface area contributed by atoms with Gasteiger partial charge in [0.15, 0.2) is 0 Å². The van der Waals surface area contributed by atoms with Gasteiger partial charge in [0.05, 0.1) is 19.8 Å². The van der Waals surface area contributed by atoms with E-state index in [9.17, 15) is 0 Å². The Bertz CT molecular complexity index is 224. The monoisotopic (exact) mass is 180 g/mol. The molecule has 0 aromatic carbocycles. The Morgan fingerprint density at radius 2 is 2.23 bits per heavy atom. The summed E-state index contributed by atoms with van der Waals surface area (Å²) in [6.07, 6.45) is 4.19. The molecule has 1 aliphatic heterocycles. The van der Waals surface area contributed by atoms with Crippen molar-refractivity contribution in [1.82, 2.24) is 0 Å². The molecule has 1 saturated heterocycles. The van der Waals surface area contributed by atoms with Gasteiger partial charge < -0.3 is 9.47 Å². The van der Waals surface area contributed by atoms with Crippen LogP contribution in [0.25, 0.3) is 0 Å². The van der Waals surface area contributed by atoms with Gasteiger partial charge in [-0.05, 0) is 12.5 Å². The van der Waals surface area contributed by atoms with E-state index >= 15 is 0 Å². The fourth-order valence-electron chi connectivity index (χ4n) is 0.794. The molecule has 1 atom stereocenters. The number of ether oxygens (including phenoxy) is 2. The lowest BCUT2D eigenvalue weighted by Gasteiger charge is -2.00. The molecule has 1 rings (SSSR count). The van der Waals surface area contributed by atoms with Gasteiger partial charge in [-0.2, -0.15) is 0 Å². The second-order valence-electron chi connectivity index (χ2n) is 3.31. The van der Waals surface area contributed by atoms with Crippen molar-refractivity contribution in [3.63, 3.8) is 0 Å². The van der Waals surface area contributed by atoms with Crippen LogP contribution in [0.2, 0.25) is 0 Å². The normalized spacial score (nSPS) is 20.5. The van der Waals surface area contributed by atoms with Crippen molar-refractivity contribution < 1.29 is 9.47 Å². The number of epoxide rings is 1. The van der Waals surface area contributed by atoms with E-state index in [1.165, 1.54) is 0 Å². The molecular formula is C11H16O2. The first kappa shape index (κ1) is 10.2. The second kappa shape index (κ2) is 5.00. The van der Waals surface area contributed by atoms with Crippen molar-refractivity contribution in [2.75, 3.05) is 19.8 Å². The maximum absolute atomic E-state index is 5.35. The van der Waals surface area contributed by atoms with Crippen LogP contribution in [0.4, 0.5) is 0 Å². The quantitative estimate of drug-likeness (QED) is 0.461. The molecule has 72 valence electrons. The molecule has 0 saturated carbocycles. The van der Waals surface area contributed by atoms with Crippen molar-refractivity contribution in [1.29, 1.82) is 0 Å². The zero-order valence-corrected chi connectivity index (χ0v) is 8.08. The average Bonchev–Trinajstić information content (AvgIpc) is 2.84. The zero-order chi connectivity index (χ0) is 9.68. The molecule has 0 N–H and O–H groups in total. The SMILES string of the molecule is C=C(C)/C=C\C(=C)COCC1CO1. The molecule has 0 bridgehead atoms. The predicted octanol–water partition coefficient (Wildman–Crippen LogP) is 2.09. The maximum atomic E-state index is 5.35. The highest BCUT2D eigenvalue weighted by Crippen LogP contribution is 2.09. The van der Waals surface area contributed by atoms with Crippen molar-refractivity contribution >= 4 is 0 Å². The Morgan fingerprint density at radius 3 is 2.77 bits per heavy atom. The van der Waals surface area contributed by atoms with Crippen molar-refractivity contribution in [2.45, 2.75) is 13.0 Å². The first-order valence-electron chi connectivity index (χ1n) is 4.39. The third-order valence-electron chi connectivity index (χ3n) is 1.60. The maximum Gasteiger partial charge on any atom is 0.104 e. The van der Waals surface area contributed by atoms with E-state index in [1.54, 1.807) is 0 Å². The lowest BCUT2D eigenvalue weighted by molar-refractivity contribution is 0.137. The summed E-state index contributed by atoms with van der Waals surface area (Å²) in [5.41, 5.74) is 1.98. The lowest BCUT2D eigenvalue weighted by Crippen LogP contribution is -2.03. The minimum absolute atomic E-state index is 0.331. The summed E-state index contributed by atoms with van der Waals surface area (Å²) in [6.45, 7) is 11.6. The Morgan fingerprint density at radius 1 is 1.54 bits per heavy atom. The smallest absolute Gasteiger partial charge is 0.104 e. The largest absolute Gasteiger partial charge is 0.374 e. The van der Waals surface area contributed by atoms with Gasteiger partial charge in [-0.3, -0.25) is 0 Å². The van der Waals surface area contributed by atoms with Crippen LogP contribution in [-0.2, 0) is 9.47 Å². The van der Waals surface area contributed by atoms with Gasteiger partial charge in [0.1, 0.15) is 6.10 Å². The van der Waals surface area contributed by atoms with Gasteiger partial charge in [-0.15, -0.1) is 0 Å². The molecule has 0 radical (unpaired) electrons. The number of hydrogen-bond acceptors (Lipinski definition) is 2. The molecule has 0 spiro atoms. The Labute approximate surface area is 79.5 Å². The van der Waals surface area contributed by atoms with Crippen LogP contribution in [0.3, 0.4) is 0 Å². The molecule has 1 fully saturated rings. The van der Waals surface area contributed by atoms with E-state index in [2.05, 4.69) is 13.2 Å². The van der Waals surface area contributed by atoms with E-state index in [1.807, 2.05) is 19.1 Å². The summed E-state index contributed by atoms with van der Waals surface area (Å²) in [6, 6.07) is 0. The molecule has 2 heteroatoms. The Kier molecular flexibility index (Phi) is 3.93. The molecule has 0 aromatic heterocycles. The van der Waals surface area contributed by atoms with Crippen LogP contribution in [0.5, 0.6) is 0 Å². The van der Waals surface area contributed by atoms with Gasteiger partial charge >= 0.3 is 0 Å². The van der Waals surface area contributed by atoms with Crippen LogP contribution in [-0.4, -0.2) is 25.9 Å². The summed E-state index contributed by atoms with van der Waals surface area (Å²) < 4.78 is 10.3. The standard InChI is InChI=1S/C11H16O2/c1-9(2)4-5-10(3)6-12-7-11-8-13-11/h4-5,11H,1,3,6-8H2,2H3/b5-4-. The Balaban J connectivity index is 2.05. The first-order chi connectivity index (χ1) is 6.18. The molecule has 13 heavy (non-hydrogen) atoms. The minimum atomic E-state index is 0.331. The highest BCUT2D eigenvalue weighted by Gasteiger charge is 2.21. The molecule has 1 aliphatic rings. The van der Waals surface area contributed by atoms with Gasteiger partial charge in [-0.25, -0.2) is 0 Å². The van der Waals surface area contributed by atoms with Gasteiger partial charge in [0, 0.05) is 0 Å². The van der Waals surface area contributed by atoms with E-state index in [4.69, 9.17) is 9.47 Å². The minimum Gasteiger partial charge on any atom is -0.374 e. The average molecular weight is 180 g/mol. The molecule has 0 amide bonds. The Hall–Kier alpha value is -0.860. The highest BCUT2D eigenvalue weighted by atomic mass is 16.6. The van der Waals surface area contributed by atoms with Crippen LogP contribution >= 0.6 is 0 Å². The topological polar surface area (TPSA) is 21.8 Å². The summed E-state index contributed by atoms with van der Waals surface area (Å²) in [5, 5.41) is 0. The predicted molar refractivity (Wildman–Crippen MR) is 53.7 cm³/mol. The fourth-order valence-corrected chi connectivity index (χ4v) is 0.794. The first-order valence-corrected chi connectivity index (χ1v) is 4.39. The lowest BCUT2D eigenvalue weighted by atomic mass is 10.2.